The van der Waals surface area contributed by atoms with Crippen LogP contribution < -0.4 is 0 Å². The summed E-state index contributed by atoms with van der Waals surface area (Å²) >= 11 is 7.99. The number of imidazole rings is 1. The van der Waals surface area contributed by atoms with Crippen LogP contribution in [-0.4, -0.2) is 21.1 Å². The van der Waals surface area contributed by atoms with Crippen molar-refractivity contribution in [2.75, 3.05) is 6.26 Å². The topological polar surface area (TPSA) is 17.8 Å². The summed E-state index contributed by atoms with van der Waals surface area (Å²) < 4.78 is 15.7. The average molecular weight is 313 g/mol. The van der Waals surface area contributed by atoms with Crippen molar-refractivity contribution in [2.24, 2.45) is 0 Å². The molecule has 2 nitrogen and oxygen atoms in total. The van der Waals surface area contributed by atoms with Gasteiger partial charge in [0.15, 0.2) is 0 Å². The number of thioether (sulfide) groups is 1. The van der Waals surface area contributed by atoms with Gasteiger partial charge in [0.1, 0.15) is 11.6 Å². The van der Waals surface area contributed by atoms with Gasteiger partial charge in [-0.15, -0.1) is 11.6 Å². The van der Waals surface area contributed by atoms with E-state index in [1.165, 1.54) is 18.9 Å². The molecule has 0 aliphatic heterocycles. The van der Waals surface area contributed by atoms with Crippen molar-refractivity contribution >= 4 is 34.4 Å². The minimum atomic E-state index is -0.211. The fourth-order valence-electron chi connectivity index (χ4n) is 3.16. The molecule has 1 aliphatic rings. The van der Waals surface area contributed by atoms with E-state index in [2.05, 4.69) is 15.8 Å². The molecule has 1 saturated carbocycles. The van der Waals surface area contributed by atoms with Gasteiger partial charge in [-0.25, -0.2) is 9.37 Å². The molecule has 0 radical (unpaired) electrons. The number of nitrogens with zero attached hydrogens (tertiary/aromatic N) is 2. The Bertz CT molecular complexity index is 605. The third-order valence-corrected chi connectivity index (χ3v) is 5.56. The summed E-state index contributed by atoms with van der Waals surface area (Å²) in [6.45, 7) is 0. The lowest BCUT2D eigenvalue weighted by atomic mass is 9.94. The van der Waals surface area contributed by atoms with Gasteiger partial charge in [0, 0.05) is 11.3 Å². The highest BCUT2D eigenvalue weighted by Crippen LogP contribution is 2.36. The molecule has 1 heterocycles. The molecule has 0 unspecified atom stereocenters. The normalized spacial score (nSPS) is 23.4. The maximum Gasteiger partial charge on any atom is 0.125 e. The van der Waals surface area contributed by atoms with Crippen LogP contribution in [0.4, 0.5) is 4.39 Å². The van der Waals surface area contributed by atoms with E-state index in [1.807, 2.05) is 11.8 Å². The molecule has 5 heteroatoms. The van der Waals surface area contributed by atoms with Crippen LogP contribution in [0.25, 0.3) is 11.0 Å². The number of fused-ring (bicyclic) bond motifs is 1. The Kier molecular flexibility index (Phi) is 4.22. The van der Waals surface area contributed by atoms with E-state index < -0.39 is 0 Å². The second-order valence-electron chi connectivity index (χ2n) is 5.33. The number of rotatable bonds is 3. The maximum atomic E-state index is 13.5. The van der Waals surface area contributed by atoms with E-state index in [-0.39, 0.29) is 5.82 Å². The zero-order chi connectivity index (χ0) is 14.1. The van der Waals surface area contributed by atoms with Crippen molar-refractivity contribution in [2.45, 2.75) is 42.9 Å². The van der Waals surface area contributed by atoms with E-state index in [0.29, 0.717) is 11.9 Å². The summed E-state index contributed by atoms with van der Waals surface area (Å²) in [5, 5.41) is 0.761. The Morgan fingerprint density at radius 1 is 1.35 bits per heavy atom. The van der Waals surface area contributed by atoms with Crippen molar-refractivity contribution in [3.63, 3.8) is 0 Å². The van der Waals surface area contributed by atoms with E-state index in [1.54, 1.807) is 12.1 Å². The fourth-order valence-corrected chi connectivity index (χ4v) is 4.09. The van der Waals surface area contributed by atoms with Gasteiger partial charge in [0.2, 0.25) is 0 Å². The molecule has 0 saturated heterocycles. The van der Waals surface area contributed by atoms with Crippen LogP contribution in [0, 0.1) is 5.82 Å². The highest BCUT2D eigenvalue weighted by atomic mass is 35.5. The zero-order valence-electron chi connectivity index (χ0n) is 11.5. The van der Waals surface area contributed by atoms with Crippen LogP contribution in [-0.2, 0) is 5.88 Å². The zero-order valence-corrected chi connectivity index (χ0v) is 13.1. The van der Waals surface area contributed by atoms with Gasteiger partial charge in [-0.05, 0) is 50.1 Å². The SMILES string of the molecule is CSC1CCC(n2c(CCl)nc3ccc(F)cc32)CC1. The lowest BCUT2D eigenvalue weighted by Gasteiger charge is -2.29. The Balaban J connectivity index is 1.99. The van der Waals surface area contributed by atoms with Crippen molar-refractivity contribution in [3.05, 3.63) is 29.8 Å². The number of hydrogen-bond acceptors (Lipinski definition) is 2. The smallest absolute Gasteiger partial charge is 0.125 e. The lowest BCUT2D eigenvalue weighted by molar-refractivity contribution is 0.361. The fraction of sp³-hybridized carbons (Fsp3) is 0.533. The van der Waals surface area contributed by atoms with Crippen molar-refractivity contribution in [1.82, 2.24) is 9.55 Å². The second kappa shape index (κ2) is 5.94. The van der Waals surface area contributed by atoms with Gasteiger partial charge in [0.25, 0.3) is 0 Å². The molecule has 0 spiro atoms. The molecular weight excluding hydrogens is 295 g/mol. The van der Waals surface area contributed by atoms with E-state index >= 15 is 0 Å². The minimum absolute atomic E-state index is 0.211. The number of hydrogen-bond donors (Lipinski definition) is 0. The van der Waals surface area contributed by atoms with Crippen LogP contribution in [0.3, 0.4) is 0 Å². The second-order valence-corrected chi connectivity index (χ2v) is 6.74. The average Bonchev–Trinajstić information content (AvgIpc) is 2.85. The van der Waals surface area contributed by atoms with Crippen LogP contribution >= 0.6 is 23.4 Å². The molecule has 0 amide bonds. The van der Waals surface area contributed by atoms with Gasteiger partial charge < -0.3 is 4.57 Å². The standard InChI is InChI=1S/C15H18ClFN2S/c1-20-12-5-3-11(4-6-12)19-14-8-10(17)2-7-13(14)18-15(19)9-16/h2,7-8,11-12H,3-6,9H2,1H3. The van der Waals surface area contributed by atoms with Crippen molar-refractivity contribution < 1.29 is 4.39 Å². The Morgan fingerprint density at radius 3 is 2.75 bits per heavy atom. The molecule has 3 rings (SSSR count). The maximum absolute atomic E-state index is 13.5. The molecule has 1 aromatic heterocycles. The van der Waals surface area contributed by atoms with E-state index in [0.717, 1.165) is 34.9 Å². The first-order valence-electron chi connectivity index (χ1n) is 6.98. The highest BCUT2D eigenvalue weighted by molar-refractivity contribution is 7.99. The van der Waals surface area contributed by atoms with Crippen molar-refractivity contribution in [1.29, 1.82) is 0 Å². The van der Waals surface area contributed by atoms with Crippen LogP contribution in [0.15, 0.2) is 18.2 Å². The van der Waals surface area contributed by atoms with Gasteiger partial charge in [-0.2, -0.15) is 11.8 Å². The van der Waals surface area contributed by atoms with E-state index in [4.69, 9.17) is 11.6 Å². The molecule has 1 aliphatic carbocycles. The van der Waals surface area contributed by atoms with Crippen molar-refractivity contribution in [3.8, 4) is 0 Å². The van der Waals surface area contributed by atoms with Gasteiger partial charge in [-0.3, -0.25) is 0 Å². The summed E-state index contributed by atoms with van der Waals surface area (Å²) in [7, 11) is 0. The lowest BCUT2D eigenvalue weighted by Crippen LogP contribution is -2.20. The first-order valence-corrected chi connectivity index (χ1v) is 8.80. The molecule has 0 N–H and O–H groups in total. The van der Waals surface area contributed by atoms with E-state index in [9.17, 15) is 4.39 Å². The third-order valence-electron chi connectivity index (χ3n) is 4.19. The van der Waals surface area contributed by atoms with Crippen LogP contribution in [0.2, 0.25) is 0 Å². The molecular formula is C15H18ClFN2S. The molecule has 108 valence electrons. The Labute approximate surface area is 127 Å². The van der Waals surface area contributed by atoms with Gasteiger partial charge in [0.05, 0.1) is 16.9 Å². The molecule has 0 bridgehead atoms. The molecule has 20 heavy (non-hydrogen) atoms. The Hall–Kier alpha value is -0.740. The monoisotopic (exact) mass is 312 g/mol. The van der Waals surface area contributed by atoms with Crippen LogP contribution in [0.5, 0.6) is 0 Å². The minimum Gasteiger partial charge on any atom is -0.324 e. The number of alkyl halides is 1. The van der Waals surface area contributed by atoms with Gasteiger partial charge in [-0.1, -0.05) is 0 Å². The number of benzene rings is 1. The molecule has 1 fully saturated rings. The predicted molar refractivity (Wildman–Crippen MR) is 84.1 cm³/mol. The molecule has 0 atom stereocenters. The largest absolute Gasteiger partial charge is 0.324 e. The molecule has 2 aromatic rings. The number of aromatic nitrogens is 2. The first kappa shape index (κ1) is 14.2. The quantitative estimate of drug-likeness (QED) is 0.760. The summed E-state index contributed by atoms with van der Waals surface area (Å²) in [4.78, 5) is 4.55. The van der Waals surface area contributed by atoms with Gasteiger partial charge >= 0.3 is 0 Å². The highest BCUT2D eigenvalue weighted by Gasteiger charge is 2.25. The third kappa shape index (κ3) is 2.56. The first-order chi connectivity index (χ1) is 9.72. The molecule has 1 aromatic carbocycles. The summed E-state index contributed by atoms with van der Waals surface area (Å²) in [5.74, 6) is 1.02. The predicted octanol–water partition coefficient (Wildman–Crippen LogP) is 4.76. The van der Waals surface area contributed by atoms with Crippen LogP contribution in [0.1, 0.15) is 37.5 Å². The summed E-state index contributed by atoms with van der Waals surface area (Å²) in [6, 6.07) is 5.19. The summed E-state index contributed by atoms with van der Waals surface area (Å²) in [6.07, 6.45) is 6.84. The number of halogens is 2. The Morgan fingerprint density at radius 2 is 2.10 bits per heavy atom. The summed E-state index contributed by atoms with van der Waals surface area (Å²) in [5.41, 5.74) is 1.72.